The van der Waals surface area contributed by atoms with Crippen molar-refractivity contribution in [3.63, 3.8) is 0 Å². The SMILES string of the molecule is FC(F)c1cc(C(F)F)nc(C(F)F)n1. The second-order valence-electron chi connectivity index (χ2n) is 2.48. The summed E-state index contributed by atoms with van der Waals surface area (Å²) in [5, 5.41) is 0. The van der Waals surface area contributed by atoms with Crippen LogP contribution in [0.2, 0.25) is 0 Å². The monoisotopic (exact) mass is 230 g/mol. The lowest BCUT2D eigenvalue weighted by molar-refractivity contribution is 0.120. The van der Waals surface area contributed by atoms with Gasteiger partial charge in [0.05, 0.1) is 0 Å². The predicted molar refractivity (Wildman–Crippen MR) is 36.9 cm³/mol. The Bertz CT molecular complexity index is 276. The van der Waals surface area contributed by atoms with Crippen molar-refractivity contribution in [2.45, 2.75) is 19.3 Å². The fourth-order valence-corrected chi connectivity index (χ4v) is 0.827. The maximum Gasteiger partial charge on any atom is 0.297 e. The minimum Gasteiger partial charge on any atom is -0.226 e. The third-order valence-corrected chi connectivity index (χ3v) is 1.43. The summed E-state index contributed by atoms with van der Waals surface area (Å²) in [5.41, 5.74) is -2.26. The summed E-state index contributed by atoms with van der Waals surface area (Å²) < 4.78 is 72.4. The standard InChI is InChI=1S/C7H4F6N2/c8-4(9)2-1-3(5(10)11)15-7(14-2)6(12)13/h1,4-6H. The molecule has 0 aliphatic carbocycles. The van der Waals surface area contributed by atoms with Gasteiger partial charge in [0.2, 0.25) is 0 Å². The molecule has 2 nitrogen and oxygen atoms in total. The molecular weight excluding hydrogens is 226 g/mol. The van der Waals surface area contributed by atoms with Gasteiger partial charge >= 0.3 is 0 Å². The van der Waals surface area contributed by atoms with Crippen LogP contribution in [0.25, 0.3) is 0 Å². The first kappa shape index (κ1) is 11.7. The van der Waals surface area contributed by atoms with Crippen LogP contribution in [-0.2, 0) is 0 Å². The van der Waals surface area contributed by atoms with E-state index in [1.54, 1.807) is 0 Å². The van der Waals surface area contributed by atoms with Crippen LogP contribution in [-0.4, -0.2) is 9.97 Å². The van der Waals surface area contributed by atoms with Gasteiger partial charge in [-0.1, -0.05) is 0 Å². The van der Waals surface area contributed by atoms with E-state index in [1.807, 2.05) is 0 Å². The van der Waals surface area contributed by atoms with Gasteiger partial charge < -0.3 is 0 Å². The highest BCUT2D eigenvalue weighted by molar-refractivity contribution is 5.13. The average Bonchev–Trinajstić information content (AvgIpc) is 2.16. The normalized spacial score (nSPS) is 11.8. The zero-order chi connectivity index (χ0) is 11.6. The number of hydrogen-bond acceptors (Lipinski definition) is 2. The van der Waals surface area contributed by atoms with E-state index in [2.05, 4.69) is 9.97 Å². The Labute approximate surface area is 80.0 Å². The molecule has 0 amide bonds. The summed E-state index contributed by atoms with van der Waals surface area (Å²) in [6.07, 6.45) is -9.65. The lowest BCUT2D eigenvalue weighted by Gasteiger charge is -2.06. The van der Waals surface area contributed by atoms with Gasteiger partial charge in [-0.05, 0) is 6.07 Å². The summed E-state index contributed by atoms with van der Waals surface area (Å²) in [5.74, 6) is -1.32. The molecule has 0 bridgehead atoms. The van der Waals surface area contributed by atoms with E-state index >= 15 is 0 Å². The predicted octanol–water partition coefficient (Wildman–Crippen LogP) is 3.29. The molecule has 1 heterocycles. The third-order valence-electron chi connectivity index (χ3n) is 1.43. The first-order valence-corrected chi connectivity index (χ1v) is 3.65. The highest BCUT2D eigenvalue weighted by atomic mass is 19.3. The van der Waals surface area contributed by atoms with Crippen LogP contribution in [0.1, 0.15) is 36.5 Å². The second kappa shape index (κ2) is 4.45. The molecule has 0 fully saturated rings. The topological polar surface area (TPSA) is 25.8 Å². The Morgan fingerprint density at radius 1 is 0.733 bits per heavy atom. The van der Waals surface area contributed by atoms with Crippen LogP contribution in [0.5, 0.6) is 0 Å². The Balaban J connectivity index is 3.20. The zero-order valence-electron chi connectivity index (χ0n) is 6.97. The number of nitrogens with zero attached hydrogens (tertiary/aromatic N) is 2. The van der Waals surface area contributed by atoms with E-state index in [4.69, 9.17) is 0 Å². The van der Waals surface area contributed by atoms with Crippen molar-refractivity contribution < 1.29 is 26.3 Å². The van der Waals surface area contributed by atoms with Crippen molar-refractivity contribution in [3.05, 3.63) is 23.3 Å². The molecule has 0 saturated heterocycles. The maximum absolute atomic E-state index is 12.1. The molecule has 0 aromatic carbocycles. The number of hydrogen-bond donors (Lipinski definition) is 0. The molecule has 0 N–H and O–H groups in total. The van der Waals surface area contributed by atoms with Crippen LogP contribution >= 0.6 is 0 Å². The largest absolute Gasteiger partial charge is 0.297 e. The van der Waals surface area contributed by atoms with E-state index in [9.17, 15) is 26.3 Å². The quantitative estimate of drug-likeness (QED) is 0.744. The minimum absolute atomic E-state index is 0.307. The van der Waals surface area contributed by atoms with Gasteiger partial charge in [-0.2, -0.15) is 0 Å². The van der Waals surface area contributed by atoms with E-state index in [1.165, 1.54) is 0 Å². The summed E-state index contributed by atoms with van der Waals surface area (Å²) in [7, 11) is 0. The number of alkyl halides is 6. The van der Waals surface area contributed by atoms with E-state index in [0.717, 1.165) is 0 Å². The van der Waals surface area contributed by atoms with E-state index in [0.29, 0.717) is 6.07 Å². The van der Waals surface area contributed by atoms with Gasteiger partial charge in [0.25, 0.3) is 19.3 Å². The average molecular weight is 230 g/mol. The molecule has 0 saturated carbocycles. The smallest absolute Gasteiger partial charge is 0.226 e. The summed E-state index contributed by atoms with van der Waals surface area (Å²) in [6.45, 7) is 0. The fraction of sp³-hybridized carbons (Fsp3) is 0.429. The van der Waals surface area contributed by atoms with Crippen molar-refractivity contribution in [2.75, 3.05) is 0 Å². The molecule has 0 aliphatic rings. The van der Waals surface area contributed by atoms with E-state index in [-0.39, 0.29) is 0 Å². The summed E-state index contributed by atoms with van der Waals surface area (Å²) in [4.78, 5) is 5.54. The molecular formula is C7H4F6N2. The second-order valence-corrected chi connectivity index (χ2v) is 2.48. The van der Waals surface area contributed by atoms with Crippen molar-refractivity contribution >= 4 is 0 Å². The minimum atomic E-state index is -3.26. The Morgan fingerprint density at radius 3 is 1.40 bits per heavy atom. The summed E-state index contributed by atoms with van der Waals surface area (Å²) in [6, 6.07) is 0.307. The molecule has 1 aromatic heterocycles. The Kier molecular flexibility index (Phi) is 3.48. The molecule has 0 aliphatic heterocycles. The molecule has 1 rings (SSSR count). The molecule has 0 unspecified atom stereocenters. The molecule has 0 radical (unpaired) electrons. The number of halogens is 6. The van der Waals surface area contributed by atoms with Crippen LogP contribution < -0.4 is 0 Å². The van der Waals surface area contributed by atoms with Crippen molar-refractivity contribution in [1.82, 2.24) is 9.97 Å². The van der Waals surface area contributed by atoms with E-state index < -0.39 is 36.5 Å². The first-order chi connectivity index (χ1) is 6.91. The number of rotatable bonds is 3. The molecule has 15 heavy (non-hydrogen) atoms. The molecule has 0 atom stereocenters. The maximum atomic E-state index is 12.1. The highest BCUT2D eigenvalue weighted by Gasteiger charge is 2.21. The van der Waals surface area contributed by atoms with Crippen molar-refractivity contribution in [1.29, 1.82) is 0 Å². The Hall–Kier alpha value is -1.34. The number of aromatic nitrogens is 2. The van der Waals surface area contributed by atoms with Crippen molar-refractivity contribution in [3.8, 4) is 0 Å². The van der Waals surface area contributed by atoms with Crippen LogP contribution in [0.3, 0.4) is 0 Å². The zero-order valence-corrected chi connectivity index (χ0v) is 6.97. The van der Waals surface area contributed by atoms with Gasteiger partial charge in [-0.15, -0.1) is 0 Å². The van der Waals surface area contributed by atoms with Gasteiger partial charge in [-0.25, -0.2) is 36.3 Å². The van der Waals surface area contributed by atoms with Gasteiger partial charge in [0.15, 0.2) is 5.82 Å². The molecule has 84 valence electrons. The lowest BCUT2D eigenvalue weighted by Crippen LogP contribution is -2.04. The van der Waals surface area contributed by atoms with Crippen LogP contribution in [0.15, 0.2) is 6.07 Å². The highest BCUT2D eigenvalue weighted by Crippen LogP contribution is 2.25. The van der Waals surface area contributed by atoms with Gasteiger partial charge in [-0.3, -0.25) is 0 Å². The van der Waals surface area contributed by atoms with Gasteiger partial charge in [0, 0.05) is 0 Å². The third kappa shape index (κ3) is 2.80. The Morgan fingerprint density at radius 2 is 1.13 bits per heavy atom. The first-order valence-electron chi connectivity index (χ1n) is 3.65. The van der Waals surface area contributed by atoms with Crippen molar-refractivity contribution in [2.24, 2.45) is 0 Å². The van der Waals surface area contributed by atoms with Crippen LogP contribution in [0.4, 0.5) is 26.3 Å². The summed E-state index contributed by atoms with van der Waals surface area (Å²) >= 11 is 0. The van der Waals surface area contributed by atoms with Gasteiger partial charge in [0.1, 0.15) is 11.4 Å². The lowest BCUT2D eigenvalue weighted by atomic mass is 10.3. The van der Waals surface area contributed by atoms with Crippen LogP contribution in [0, 0.1) is 0 Å². The molecule has 0 spiro atoms. The molecule has 8 heteroatoms. The molecule has 1 aromatic rings. The fourth-order valence-electron chi connectivity index (χ4n) is 0.827.